The first-order valence-corrected chi connectivity index (χ1v) is 13.4. The van der Waals surface area contributed by atoms with E-state index in [2.05, 4.69) is 18.5 Å². The van der Waals surface area contributed by atoms with E-state index >= 15 is 0 Å². The van der Waals surface area contributed by atoms with Crippen molar-refractivity contribution in [3.63, 3.8) is 0 Å². The van der Waals surface area contributed by atoms with Crippen LogP contribution in [0.4, 0.5) is 0 Å². The Hall–Kier alpha value is -2.25. The molecule has 1 N–H and O–H groups in total. The van der Waals surface area contributed by atoms with Gasteiger partial charge >= 0.3 is 11.9 Å². The lowest BCUT2D eigenvalue weighted by Gasteiger charge is -2.43. The van der Waals surface area contributed by atoms with Crippen LogP contribution in [0.3, 0.4) is 0 Å². The van der Waals surface area contributed by atoms with Gasteiger partial charge in [0.05, 0.1) is 4.24 Å². The number of sulfone groups is 1. The zero-order valence-electron chi connectivity index (χ0n) is 18.1. The Morgan fingerprint density at radius 1 is 1.15 bits per heavy atom. The largest absolute Gasteiger partial charge is 0.460 e. The first kappa shape index (κ1) is 25.4. The molecule has 3 saturated heterocycles. The quantitative estimate of drug-likeness (QED) is 0.120. The van der Waals surface area contributed by atoms with Crippen LogP contribution in [0.25, 0.3) is 0 Å². The van der Waals surface area contributed by atoms with E-state index in [9.17, 15) is 27.6 Å². The highest BCUT2D eigenvalue weighted by Gasteiger charge is 2.72. The lowest BCUT2D eigenvalue weighted by Crippen LogP contribution is -2.72. The molecular formula is C20H24N2O8S3. The number of nitrogens with one attached hydrogen (secondary N) is 1. The first-order valence-electron chi connectivity index (χ1n) is 9.92. The maximum atomic E-state index is 13.2. The molecule has 3 fully saturated rings. The summed E-state index contributed by atoms with van der Waals surface area (Å²) in [5, 5.41) is 0.925. The van der Waals surface area contributed by atoms with Gasteiger partial charge in [0.15, 0.2) is 15.2 Å². The van der Waals surface area contributed by atoms with E-state index in [1.807, 2.05) is 0 Å². The number of carbonyl (C=O) groups excluding carboxylic acids is 4. The molecule has 1 unspecified atom stereocenters. The van der Waals surface area contributed by atoms with Crippen molar-refractivity contribution in [2.24, 2.45) is 0 Å². The van der Waals surface area contributed by atoms with Gasteiger partial charge in [-0.2, -0.15) is 0 Å². The number of ether oxygens (including phenoxy) is 2. The lowest BCUT2D eigenvalue weighted by molar-refractivity contribution is -0.163. The molecule has 33 heavy (non-hydrogen) atoms. The van der Waals surface area contributed by atoms with Gasteiger partial charge in [-0.25, -0.2) is 18.0 Å². The van der Waals surface area contributed by atoms with Crippen LogP contribution in [0.1, 0.15) is 13.8 Å². The van der Waals surface area contributed by atoms with Gasteiger partial charge in [-0.1, -0.05) is 25.3 Å². The minimum Gasteiger partial charge on any atom is -0.460 e. The molecule has 3 heterocycles. The Kier molecular flexibility index (Phi) is 7.34. The molecule has 2 amide bonds. The molecule has 3 atom stereocenters. The maximum absolute atomic E-state index is 13.2. The lowest BCUT2D eigenvalue weighted by atomic mass is 9.96. The van der Waals surface area contributed by atoms with Gasteiger partial charge in [0.1, 0.15) is 35.6 Å². The van der Waals surface area contributed by atoms with E-state index in [0.717, 1.165) is 4.90 Å². The minimum atomic E-state index is -4.08. The second-order valence-corrected chi connectivity index (χ2v) is 12.9. The fourth-order valence-electron chi connectivity index (χ4n) is 3.79. The molecule has 0 aromatic heterocycles. The number of esters is 2. The molecule has 180 valence electrons. The van der Waals surface area contributed by atoms with Crippen LogP contribution in [0.15, 0.2) is 35.1 Å². The molecule has 3 aliphatic heterocycles. The average molecular weight is 517 g/mol. The SMILES string of the molecule is C=CCOC(=O)C(C(=O)N[C@@H]1C(=O)N2C(C(=O)OCC=C)C(C)(C)S(=O)(=O)[C@@H]12)=C1SCCS1. The maximum Gasteiger partial charge on any atom is 0.345 e. The third kappa shape index (κ3) is 4.21. The van der Waals surface area contributed by atoms with Crippen LogP contribution in [0, 0.1) is 0 Å². The number of thioether (sulfide) groups is 2. The topological polar surface area (TPSA) is 136 Å². The summed E-state index contributed by atoms with van der Waals surface area (Å²) in [6.45, 7) is 9.30. The fraction of sp³-hybridized carbons (Fsp3) is 0.500. The Labute approximate surface area is 200 Å². The highest BCUT2D eigenvalue weighted by atomic mass is 32.2. The molecule has 0 aliphatic carbocycles. The van der Waals surface area contributed by atoms with Crippen LogP contribution in [0.2, 0.25) is 0 Å². The monoisotopic (exact) mass is 516 g/mol. The summed E-state index contributed by atoms with van der Waals surface area (Å²) in [4.78, 5) is 51.9. The van der Waals surface area contributed by atoms with E-state index in [0.29, 0.717) is 15.7 Å². The van der Waals surface area contributed by atoms with Gasteiger partial charge in [-0.3, -0.25) is 9.59 Å². The van der Waals surface area contributed by atoms with Crippen molar-refractivity contribution in [2.75, 3.05) is 24.7 Å². The second kappa shape index (κ2) is 9.55. The number of amides is 2. The van der Waals surface area contributed by atoms with Gasteiger partial charge in [0.2, 0.25) is 5.91 Å². The van der Waals surface area contributed by atoms with Gasteiger partial charge in [0, 0.05) is 11.5 Å². The number of fused-ring (bicyclic) bond motifs is 1. The predicted octanol–water partition coefficient (Wildman–Crippen LogP) is 0.365. The van der Waals surface area contributed by atoms with Crippen molar-refractivity contribution in [1.82, 2.24) is 10.2 Å². The summed E-state index contributed by atoms with van der Waals surface area (Å²) in [6.07, 6.45) is 2.67. The van der Waals surface area contributed by atoms with E-state index in [4.69, 9.17) is 9.47 Å². The molecule has 0 radical (unpaired) electrons. The minimum absolute atomic E-state index is 0.117. The Balaban J connectivity index is 1.88. The second-order valence-electron chi connectivity index (χ2n) is 7.80. The molecular weight excluding hydrogens is 492 g/mol. The van der Waals surface area contributed by atoms with Crippen LogP contribution in [-0.2, 0) is 38.5 Å². The first-order chi connectivity index (χ1) is 15.5. The molecule has 3 rings (SSSR count). The molecule has 0 spiro atoms. The highest BCUT2D eigenvalue weighted by Crippen LogP contribution is 2.46. The van der Waals surface area contributed by atoms with Crippen LogP contribution >= 0.6 is 23.5 Å². The predicted molar refractivity (Wildman–Crippen MR) is 124 cm³/mol. The molecule has 0 bridgehead atoms. The zero-order valence-corrected chi connectivity index (χ0v) is 20.5. The van der Waals surface area contributed by atoms with Crippen molar-refractivity contribution in [3.8, 4) is 0 Å². The normalized spacial score (nSPS) is 26.6. The van der Waals surface area contributed by atoms with Gasteiger partial charge < -0.3 is 19.7 Å². The Morgan fingerprint density at radius 3 is 2.30 bits per heavy atom. The molecule has 13 heteroatoms. The zero-order chi connectivity index (χ0) is 24.6. The van der Waals surface area contributed by atoms with Gasteiger partial charge in [-0.15, -0.1) is 23.5 Å². The van der Waals surface area contributed by atoms with Crippen molar-refractivity contribution < 1.29 is 37.1 Å². The fourth-order valence-corrected chi connectivity index (χ4v) is 8.51. The molecule has 0 aromatic rings. The summed E-state index contributed by atoms with van der Waals surface area (Å²) < 4.78 is 35.2. The number of hydrogen-bond donors (Lipinski definition) is 1. The summed E-state index contributed by atoms with van der Waals surface area (Å²) in [7, 11) is -4.08. The summed E-state index contributed by atoms with van der Waals surface area (Å²) in [6, 6.07) is -2.82. The van der Waals surface area contributed by atoms with E-state index < -0.39 is 55.8 Å². The van der Waals surface area contributed by atoms with Crippen LogP contribution in [-0.4, -0.2) is 84.0 Å². The van der Waals surface area contributed by atoms with Crippen molar-refractivity contribution >= 4 is 57.1 Å². The third-order valence-corrected chi connectivity index (χ3v) is 11.0. The molecule has 3 aliphatic rings. The number of rotatable bonds is 8. The molecule has 10 nitrogen and oxygen atoms in total. The van der Waals surface area contributed by atoms with Gasteiger partial charge in [0.25, 0.3) is 5.91 Å². The molecule has 0 saturated carbocycles. The van der Waals surface area contributed by atoms with Crippen molar-refractivity contribution in [2.45, 2.75) is 36.1 Å². The Bertz CT molecular complexity index is 1040. The smallest absolute Gasteiger partial charge is 0.345 e. The van der Waals surface area contributed by atoms with Gasteiger partial charge in [-0.05, 0) is 13.8 Å². The number of β-lactam (4-membered cyclic amide) rings is 1. The molecule has 0 aromatic carbocycles. The van der Waals surface area contributed by atoms with Crippen LogP contribution in [0.5, 0.6) is 0 Å². The van der Waals surface area contributed by atoms with Crippen molar-refractivity contribution in [3.05, 3.63) is 35.1 Å². The number of nitrogens with zero attached hydrogens (tertiary/aromatic N) is 1. The van der Waals surface area contributed by atoms with Crippen molar-refractivity contribution in [1.29, 1.82) is 0 Å². The summed E-state index contributed by atoms with van der Waals surface area (Å²) >= 11 is 2.59. The standard InChI is InChI=1S/C20H24N2O8S3/c1-5-7-29-17(25)11(19-31-9-10-32-19)14(23)21-12-15(24)22-13(18(26)30-8-6-2)20(3,4)33(27,28)16(12)22/h5-6,12-13,16H,1-2,7-10H2,3-4H3,(H,21,23)/t12-,13?,16+/m1/s1. The van der Waals surface area contributed by atoms with Crippen LogP contribution < -0.4 is 5.32 Å². The van der Waals surface area contributed by atoms with E-state index in [1.54, 1.807) is 0 Å². The highest BCUT2D eigenvalue weighted by molar-refractivity contribution is 8.25. The van der Waals surface area contributed by atoms with E-state index in [1.165, 1.54) is 49.5 Å². The number of carbonyl (C=O) groups is 4. The van der Waals surface area contributed by atoms with E-state index in [-0.39, 0.29) is 18.8 Å². The summed E-state index contributed by atoms with van der Waals surface area (Å²) in [5.74, 6) is -2.07. The Morgan fingerprint density at radius 2 is 1.73 bits per heavy atom. The number of hydrogen-bond acceptors (Lipinski definition) is 10. The summed E-state index contributed by atoms with van der Waals surface area (Å²) in [5.41, 5.74) is -0.285. The average Bonchev–Trinajstić information content (AvgIpc) is 3.32. The third-order valence-electron chi connectivity index (χ3n) is 5.44.